The molecule has 16 heavy (non-hydrogen) atoms. The van der Waals surface area contributed by atoms with E-state index in [0.29, 0.717) is 6.61 Å². The minimum atomic E-state index is -0.258. The lowest BCUT2D eigenvalue weighted by molar-refractivity contribution is -0.119. The highest BCUT2D eigenvalue weighted by Gasteiger charge is 2.28. The van der Waals surface area contributed by atoms with Gasteiger partial charge in [-0.15, -0.1) is 0 Å². The first-order valence-electron chi connectivity index (χ1n) is 6.04. The predicted molar refractivity (Wildman–Crippen MR) is 62.3 cm³/mol. The molecule has 1 rings (SSSR count). The Morgan fingerprint density at radius 3 is 2.94 bits per heavy atom. The number of morpholine rings is 1. The van der Waals surface area contributed by atoms with Gasteiger partial charge in [0.15, 0.2) is 0 Å². The van der Waals surface area contributed by atoms with Gasteiger partial charge in [-0.3, -0.25) is 4.90 Å². The van der Waals surface area contributed by atoms with Crippen molar-refractivity contribution in [3.8, 4) is 0 Å². The molecule has 0 aromatic carbocycles. The minimum Gasteiger partial charge on any atom is -0.394 e. The maximum atomic E-state index is 11.1. The number of hydrogen-bond donors (Lipinski definition) is 1. The van der Waals surface area contributed by atoms with Crippen molar-refractivity contribution < 1.29 is 14.6 Å². The number of ether oxygens (including phenoxy) is 1. The molecule has 1 fully saturated rings. The van der Waals surface area contributed by atoms with Gasteiger partial charge in [-0.05, 0) is 6.42 Å². The third kappa shape index (κ3) is 3.85. The molecule has 1 aliphatic heterocycles. The van der Waals surface area contributed by atoms with Crippen LogP contribution in [0, 0.1) is 5.41 Å². The van der Waals surface area contributed by atoms with Crippen LogP contribution in [0.15, 0.2) is 0 Å². The molecule has 4 heteroatoms. The molecule has 2 atom stereocenters. The zero-order valence-electron chi connectivity index (χ0n) is 10.3. The summed E-state index contributed by atoms with van der Waals surface area (Å²) in [6, 6.07) is 0. The van der Waals surface area contributed by atoms with E-state index >= 15 is 0 Å². The second kappa shape index (κ2) is 6.33. The smallest absolute Gasteiger partial charge is 0.127 e. The second-order valence-corrected chi connectivity index (χ2v) is 4.93. The molecule has 4 nitrogen and oxygen atoms in total. The maximum absolute atomic E-state index is 11.1. The molecule has 2 unspecified atom stereocenters. The SMILES string of the molecule is CCCC(C)(C=O)CN1CCOC(CO)C1. The van der Waals surface area contributed by atoms with E-state index in [-0.39, 0.29) is 18.1 Å². The Labute approximate surface area is 97.6 Å². The first-order valence-corrected chi connectivity index (χ1v) is 6.04. The zero-order chi connectivity index (χ0) is 12.0. The quantitative estimate of drug-likeness (QED) is 0.681. The van der Waals surface area contributed by atoms with Crippen LogP contribution in [0.5, 0.6) is 0 Å². The Hall–Kier alpha value is -0.450. The number of carbonyl (C=O) groups is 1. The van der Waals surface area contributed by atoms with E-state index in [2.05, 4.69) is 11.8 Å². The van der Waals surface area contributed by atoms with Gasteiger partial charge in [0.1, 0.15) is 6.29 Å². The summed E-state index contributed by atoms with van der Waals surface area (Å²) in [6.45, 7) is 7.15. The van der Waals surface area contributed by atoms with Crippen LogP contribution in [0.4, 0.5) is 0 Å². The van der Waals surface area contributed by atoms with Crippen LogP contribution >= 0.6 is 0 Å². The van der Waals surface area contributed by atoms with Gasteiger partial charge < -0.3 is 14.6 Å². The Kier molecular flexibility index (Phi) is 5.38. The number of aliphatic hydroxyl groups excluding tert-OH is 1. The lowest BCUT2D eigenvalue weighted by Gasteiger charge is -2.36. The van der Waals surface area contributed by atoms with Gasteiger partial charge in [0.25, 0.3) is 0 Å². The fraction of sp³-hybridized carbons (Fsp3) is 0.917. The number of aldehydes is 1. The zero-order valence-corrected chi connectivity index (χ0v) is 10.3. The van der Waals surface area contributed by atoms with E-state index in [1.54, 1.807) is 0 Å². The van der Waals surface area contributed by atoms with Crippen molar-refractivity contribution in [1.29, 1.82) is 0 Å². The fourth-order valence-electron chi connectivity index (χ4n) is 2.29. The molecule has 0 saturated carbocycles. The van der Waals surface area contributed by atoms with Crippen LogP contribution in [0.1, 0.15) is 26.7 Å². The molecule has 0 amide bonds. The van der Waals surface area contributed by atoms with Crippen LogP contribution < -0.4 is 0 Å². The van der Waals surface area contributed by atoms with Crippen molar-refractivity contribution >= 4 is 6.29 Å². The van der Waals surface area contributed by atoms with Crippen LogP contribution in [0.3, 0.4) is 0 Å². The van der Waals surface area contributed by atoms with Crippen LogP contribution in [-0.4, -0.2) is 55.2 Å². The van der Waals surface area contributed by atoms with E-state index in [9.17, 15) is 4.79 Å². The molecule has 0 aliphatic carbocycles. The van der Waals surface area contributed by atoms with Crippen LogP contribution in [-0.2, 0) is 9.53 Å². The molecule has 0 aromatic heterocycles. The van der Waals surface area contributed by atoms with E-state index in [1.807, 2.05) is 6.92 Å². The third-order valence-electron chi connectivity index (χ3n) is 3.12. The summed E-state index contributed by atoms with van der Waals surface area (Å²) in [7, 11) is 0. The number of hydrogen-bond acceptors (Lipinski definition) is 4. The van der Waals surface area contributed by atoms with Crippen molar-refractivity contribution in [1.82, 2.24) is 4.90 Å². The summed E-state index contributed by atoms with van der Waals surface area (Å²) in [5.41, 5.74) is -0.258. The van der Waals surface area contributed by atoms with Gasteiger partial charge in [0.05, 0.1) is 19.3 Å². The van der Waals surface area contributed by atoms with Crippen LogP contribution in [0.25, 0.3) is 0 Å². The molecule has 1 saturated heterocycles. The van der Waals surface area contributed by atoms with Crippen LogP contribution in [0.2, 0.25) is 0 Å². The highest BCUT2D eigenvalue weighted by atomic mass is 16.5. The lowest BCUT2D eigenvalue weighted by atomic mass is 9.86. The standard InChI is InChI=1S/C12H23NO3/c1-3-4-12(2,10-15)9-13-5-6-16-11(7-13)8-14/h10-11,14H,3-9H2,1-2H3. The summed E-state index contributed by atoms with van der Waals surface area (Å²) >= 11 is 0. The van der Waals surface area contributed by atoms with Crippen molar-refractivity contribution in [3.05, 3.63) is 0 Å². The predicted octanol–water partition coefficient (Wildman–Crippen LogP) is 0.685. The van der Waals surface area contributed by atoms with Crippen molar-refractivity contribution in [2.75, 3.05) is 32.8 Å². The van der Waals surface area contributed by atoms with Gasteiger partial charge in [0, 0.05) is 25.0 Å². The van der Waals surface area contributed by atoms with E-state index in [4.69, 9.17) is 9.84 Å². The molecule has 94 valence electrons. The van der Waals surface area contributed by atoms with E-state index < -0.39 is 0 Å². The monoisotopic (exact) mass is 229 g/mol. The highest BCUT2D eigenvalue weighted by molar-refractivity contribution is 5.59. The average Bonchev–Trinajstić information content (AvgIpc) is 2.29. The lowest BCUT2D eigenvalue weighted by Crippen LogP contribution is -2.48. The first kappa shape index (κ1) is 13.6. The molecule has 0 aromatic rings. The van der Waals surface area contributed by atoms with Crippen molar-refractivity contribution in [2.45, 2.75) is 32.8 Å². The Morgan fingerprint density at radius 2 is 2.38 bits per heavy atom. The Morgan fingerprint density at radius 1 is 1.62 bits per heavy atom. The number of nitrogens with zero attached hydrogens (tertiary/aromatic N) is 1. The van der Waals surface area contributed by atoms with Gasteiger partial charge >= 0.3 is 0 Å². The molecule has 0 radical (unpaired) electrons. The third-order valence-corrected chi connectivity index (χ3v) is 3.12. The second-order valence-electron chi connectivity index (χ2n) is 4.93. The Bertz CT molecular complexity index is 222. The molecule has 1 N–H and O–H groups in total. The molecular weight excluding hydrogens is 206 g/mol. The molecule has 0 spiro atoms. The summed E-state index contributed by atoms with van der Waals surface area (Å²) in [6.07, 6.45) is 2.91. The molecule has 0 bridgehead atoms. The maximum Gasteiger partial charge on any atom is 0.127 e. The molecule has 1 aliphatic rings. The number of aliphatic hydroxyl groups is 1. The van der Waals surface area contributed by atoms with Gasteiger partial charge in [0.2, 0.25) is 0 Å². The summed E-state index contributed by atoms with van der Waals surface area (Å²) in [5, 5.41) is 9.05. The number of carbonyl (C=O) groups excluding carboxylic acids is 1. The van der Waals surface area contributed by atoms with Gasteiger partial charge in [-0.1, -0.05) is 20.3 Å². The average molecular weight is 229 g/mol. The topological polar surface area (TPSA) is 49.8 Å². The molecule has 1 heterocycles. The summed E-state index contributed by atoms with van der Waals surface area (Å²) < 4.78 is 5.39. The minimum absolute atomic E-state index is 0.0576. The van der Waals surface area contributed by atoms with Crippen molar-refractivity contribution in [3.63, 3.8) is 0 Å². The Balaban J connectivity index is 2.47. The highest BCUT2D eigenvalue weighted by Crippen LogP contribution is 2.22. The summed E-state index contributed by atoms with van der Waals surface area (Å²) in [5.74, 6) is 0. The van der Waals surface area contributed by atoms with E-state index in [1.165, 1.54) is 0 Å². The largest absolute Gasteiger partial charge is 0.394 e. The van der Waals surface area contributed by atoms with Crippen molar-refractivity contribution in [2.24, 2.45) is 5.41 Å². The fourth-order valence-corrected chi connectivity index (χ4v) is 2.29. The van der Waals surface area contributed by atoms with E-state index in [0.717, 1.165) is 38.8 Å². The number of rotatable bonds is 6. The van der Waals surface area contributed by atoms with Gasteiger partial charge in [-0.25, -0.2) is 0 Å². The normalized spacial score (nSPS) is 26.3. The summed E-state index contributed by atoms with van der Waals surface area (Å²) in [4.78, 5) is 13.4. The van der Waals surface area contributed by atoms with Gasteiger partial charge in [-0.2, -0.15) is 0 Å². The molecular formula is C12H23NO3. The first-order chi connectivity index (χ1) is 7.63.